The molecule has 3 aromatic carbocycles. The van der Waals surface area contributed by atoms with Gasteiger partial charge in [-0.25, -0.2) is 13.8 Å². The molecule has 1 amide bonds. The molecule has 0 bridgehead atoms. The molecular weight excluding hydrogens is 497 g/mol. The molecule has 0 heterocycles. The van der Waals surface area contributed by atoms with Gasteiger partial charge in [-0.15, -0.1) is 0 Å². The topological polar surface area (TPSA) is 88.1 Å². The summed E-state index contributed by atoms with van der Waals surface area (Å²) in [6, 6.07) is 20.4. The Kier molecular flexibility index (Phi) is 9.06. The van der Waals surface area contributed by atoms with Gasteiger partial charge in [0.2, 0.25) is 10.0 Å². The van der Waals surface area contributed by atoms with Crippen molar-refractivity contribution >= 4 is 45.3 Å². The molecule has 0 saturated heterocycles. The van der Waals surface area contributed by atoms with Gasteiger partial charge in [-0.3, -0.25) is 4.79 Å². The molecule has 0 atom stereocenters. The quantitative estimate of drug-likeness (QED) is 0.318. The van der Waals surface area contributed by atoms with Crippen LogP contribution in [0.15, 0.2) is 82.8 Å². The molecule has 0 aliphatic rings. The van der Waals surface area contributed by atoms with Crippen molar-refractivity contribution in [1.82, 2.24) is 9.73 Å². The van der Waals surface area contributed by atoms with Gasteiger partial charge in [0.25, 0.3) is 5.91 Å². The Hall–Kier alpha value is -2.91. The number of benzene rings is 3. The van der Waals surface area contributed by atoms with Crippen LogP contribution in [0.25, 0.3) is 0 Å². The van der Waals surface area contributed by atoms with Gasteiger partial charge in [-0.1, -0.05) is 59.6 Å². The van der Waals surface area contributed by atoms with Crippen LogP contribution >= 0.6 is 23.2 Å². The van der Waals surface area contributed by atoms with E-state index in [2.05, 4.69) is 10.5 Å². The standard InChI is InChI=1S/C24H23Cl2N3O4S/c1-33-20-8-10-21(11-9-20)34(31,32)29(14-13-18-5-3-2-4-6-18)17-24(30)28-27-16-19-7-12-22(25)23(26)15-19/h2-12,15-16H,13-14,17H2,1H3,(H,28,30)/b27-16-. The second kappa shape index (κ2) is 12.0. The molecule has 3 rings (SSSR count). The monoisotopic (exact) mass is 519 g/mol. The van der Waals surface area contributed by atoms with E-state index in [1.807, 2.05) is 30.3 Å². The molecule has 0 aliphatic heterocycles. The van der Waals surface area contributed by atoms with Crippen molar-refractivity contribution in [2.75, 3.05) is 20.2 Å². The number of hydrogen-bond acceptors (Lipinski definition) is 5. The zero-order valence-electron chi connectivity index (χ0n) is 18.3. The van der Waals surface area contributed by atoms with E-state index in [9.17, 15) is 13.2 Å². The molecule has 1 N–H and O–H groups in total. The molecule has 0 radical (unpaired) electrons. The first-order valence-corrected chi connectivity index (χ1v) is 12.4. The second-order valence-corrected chi connectivity index (χ2v) is 9.97. The van der Waals surface area contributed by atoms with Crippen molar-refractivity contribution < 1.29 is 17.9 Å². The number of hydrazone groups is 1. The normalized spacial score (nSPS) is 11.6. The van der Waals surface area contributed by atoms with Crippen LogP contribution in [0, 0.1) is 0 Å². The Bertz CT molecular complexity index is 1250. The number of carbonyl (C=O) groups is 1. The highest BCUT2D eigenvalue weighted by Gasteiger charge is 2.26. The number of ether oxygens (including phenoxy) is 1. The molecule has 34 heavy (non-hydrogen) atoms. The van der Waals surface area contributed by atoms with Gasteiger partial charge < -0.3 is 4.74 Å². The minimum atomic E-state index is -3.95. The first-order valence-electron chi connectivity index (χ1n) is 10.2. The molecule has 0 spiro atoms. The maximum atomic E-state index is 13.3. The lowest BCUT2D eigenvalue weighted by Crippen LogP contribution is -2.40. The van der Waals surface area contributed by atoms with Gasteiger partial charge in [-0.05, 0) is 53.9 Å². The van der Waals surface area contributed by atoms with Gasteiger partial charge in [0.1, 0.15) is 5.75 Å². The number of sulfonamides is 1. The summed E-state index contributed by atoms with van der Waals surface area (Å²) >= 11 is 11.9. The smallest absolute Gasteiger partial charge is 0.255 e. The Morgan fingerprint density at radius 1 is 1.03 bits per heavy atom. The van der Waals surface area contributed by atoms with E-state index in [0.717, 1.165) is 9.87 Å². The Labute approximate surface area is 209 Å². The minimum Gasteiger partial charge on any atom is -0.497 e. The third-order valence-electron chi connectivity index (χ3n) is 4.86. The van der Waals surface area contributed by atoms with Crippen molar-refractivity contribution in [2.24, 2.45) is 5.10 Å². The Morgan fingerprint density at radius 3 is 2.38 bits per heavy atom. The fraction of sp³-hybridized carbons (Fsp3) is 0.167. The van der Waals surface area contributed by atoms with Gasteiger partial charge in [0.05, 0.1) is 34.8 Å². The predicted octanol–water partition coefficient (Wildman–Crippen LogP) is 4.39. The highest BCUT2D eigenvalue weighted by Crippen LogP contribution is 2.22. The minimum absolute atomic E-state index is 0.0634. The zero-order chi connectivity index (χ0) is 24.6. The number of carbonyl (C=O) groups excluding carboxylic acids is 1. The van der Waals surface area contributed by atoms with Crippen LogP contribution in [0.1, 0.15) is 11.1 Å². The second-order valence-electron chi connectivity index (χ2n) is 7.22. The first kappa shape index (κ1) is 25.7. The van der Waals surface area contributed by atoms with Crippen molar-refractivity contribution in [3.05, 3.63) is 94.0 Å². The number of nitrogens with zero attached hydrogens (tertiary/aromatic N) is 2. The molecule has 0 fully saturated rings. The van der Waals surface area contributed by atoms with E-state index < -0.39 is 22.5 Å². The fourth-order valence-electron chi connectivity index (χ4n) is 3.05. The van der Waals surface area contributed by atoms with Gasteiger partial charge in [0, 0.05) is 6.54 Å². The highest BCUT2D eigenvalue weighted by atomic mass is 35.5. The largest absolute Gasteiger partial charge is 0.497 e. The number of amides is 1. The molecule has 10 heteroatoms. The van der Waals surface area contributed by atoms with Crippen LogP contribution in [-0.2, 0) is 21.2 Å². The lowest BCUT2D eigenvalue weighted by atomic mass is 10.1. The summed E-state index contributed by atoms with van der Waals surface area (Å²) in [6.07, 6.45) is 1.84. The van der Waals surface area contributed by atoms with Crippen LogP contribution < -0.4 is 10.2 Å². The van der Waals surface area contributed by atoms with Gasteiger partial charge in [-0.2, -0.15) is 9.41 Å². The maximum absolute atomic E-state index is 13.3. The zero-order valence-corrected chi connectivity index (χ0v) is 20.6. The van der Waals surface area contributed by atoms with Crippen molar-refractivity contribution in [2.45, 2.75) is 11.3 Å². The third-order valence-corrected chi connectivity index (χ3v) is 7.45. The molecular formula is C24H23Cl2N3O4S. The maximum Gasteiger partial charge on any atom is 0.255 e. The summed E-state index contributed by atoms with van der Waals surface area (Å²) in [5.74, 6) is -0.0503. The van der Waals surface area contributed by atoms with Crippen molar-refractivity contribution in [3.8, 4) is 5.75 Å². The average Bonchev–Trinajstić information content (AvgIpc) is 2.84. The Morgan fingerprint density at radius 2 is 1.74 bits per heavy atom. The third kappa shape index (κ3) is 7.04. The molecule has 178 valence electrons. The van der Waals surface area contributed by atoms with E-state index in [1.54, 1.807) is 30.3 Å². The molecule has 0 aliphatic carbocycles. The first-order chi connectivity index (χ1) is 16.3. The predicted molar refractivity (Wildman–Crippen MR) is 134 cm³/mol. The van der Waals surface area contributed by atoms with Crippen LogP contribution in [0.2, 0.25) is 10.0 Å². The van der Waals surface area contributed by atoms with Crippen LogP contribution in [0.3, 0.4) is 0 Å². The summed E-state index contributed by atoms with van der Waals surface area (Å²) in [4.78, 5) is 12.6. The molecule has 0 saturated carbocycles. The van der Waals surface area contributed by atoms with Crippen LogP contribution in [-0.4, -0.2) is 45.0 Å². The van der Waals surface area contributed by atoms with E-state index in [4.69, 9.17) is 27.9 Å². The van der Waals surface area contributed by atoms with Crippen LogP contribution in [0.5, 0.6) is 5.75 Å². The van der Waals surface area contributed by atoms with Gasteiger partial charge >= 0.3 is 0 Å². The summed E-state index contributed by atoms with van der Waals surface area (Å²) in [5, 5.41) is 4.66. The molecule has 3 aromatic rings. The van der Waals surface area contributed by atoms with E-state index in [1.165, 1.54) is 25.5 Å². The molecule has 7 nitrogen and oxygen atoms in total. The average molecular weight is 520 g/mol. The van der Waals surface area contributed by atoms with Gasteiger partial charge in [0.15, 0.2) is 0 Å². The fourth-order valence-corrected chi connectivity index (χ4v) is 4.75. The molecule has 0 unspecified atom stereocenters. The SMILES string of the molecule is COc1ccc(S(=O)(=O)N(CCc2ccccc2)CC(=O)N/N=C\c2ccc(Cl)c(Cl)c2)cc1. The number of nitrogens with one attached hydrogen (secondary N) is 1. The summed E-state index contributed by atoms with van der Waals surface area (Å²) < 4.78 is 32.8. The summed E-state index contributed by atoms with van der Waals surface area (Å²) in [6.45, 7) is -0.289. The Balaban J connectivity index is 1.74. The highest BCUT2D eigenvalue weighted by molar-refractivity contribution is 7.89. The number of halogens is 2. The summed E-state index contributed by atoms with van der Waals surface area (Å²) in [5.41, 5.74) is 3.94. The van der Waals surface area contributed by atoms with E-state index in [0.29, 0.717) is 27.8 Å². The molecule has 0 aromatic heterocycles. The number of methoxy groups -OCH3 is 1. The lowest BCUT2D eigenvalue weighted by molar-refractivity contribution is -0.121. The number of hydrogen-bond donors (Lipinski definition) is 1. The summed E-state index contributed by atoms with van der Waals surface area (Å²) in [7, 11) is -2.45. The van der Waals surface area contributed by atoms with Crippen molar-refractivity contribution in [1.29, 1.82) is 0 Å². The number of rotatable bonds is 10. The van der Waals surface area contributed by atoms with E-state index >= 15 is 0 Å². The van der Waals surface area contributed by atoms with Crippen molar-refractivity contribution in [3.63, 3.8) is 0 Å². The van der Waals surface area contributed by atoms with E-state index in [-0.39, 0.29) is 11.4 Å². The lowest BCUT2D eigenvalue weighted by Gasteiger charge is -2.21. The van der Waals surface area contributed by atoms with Crippen LogP contribution in [0.4, 0.5) is 0 Å².